The van der Waals surface area contributed by atoms with Gasteiger partial charge < -0.3 is 4.84 Å². The van der Waals surface area contributed by atoms with E-state index in [-0.39, 0.29) is 25.1 Å². The zero-order valence-electron chi connectivity index (χ0n) is 9.90. The average molecular weight is 246 g/mol. The predicted molar refractivity (Wildman–Crippen MR) is 65.1 cm³/mol. The third-order valence-electron chi connectivity index (χ3n) is 2.63. The summed E-state index contributed by atoms with van der Waals surface area (Å²) < 4.78 is 0. The molecule has 0 unspecified atom stereocenters. The Labute approximate surface area is 105 Å². The highest BCUT2D eigenvalue weighted by atomic mass is 16.7. The molecule has 1 aliphatic carbocycles. The lowest BCUT2D eigenvalue weighted by Crippen LogP contribution is -2.30. The van der Waals surface area contributed by atoms with E-state index in [1.54, 1.807) is 0 Å². The average Bonchev–Trinajstić information content (AvgIpc) is 3.20. The number of hydrogen-bond donors (Lipinski definition) is 0. The van der Waals surface area contributed by atoms with Gasteiger partial charge in [-0.05, 0) is 23.9 Å². The van der Waals surface area contributed by atoms with Gasteiger partial charge in [0.2, 0.25) is 0 Å². The molecule has 6 nitrogen and oxygen atoms in total. The Morgan fingerprint density at radius 2 is 2.17 bits per heavy atom. The van der Waals surface area contributed by atoms with Crippen LogP contribution in [0.2, 0.25) is 0 Å². The van der Waals surface area contributed by atoms with Crippen molar-refractivity contribution in [3.8, 4) is 0 Å². The van der Waals surface area contributed by atoms with E-state index in [0.717, 1.165) is 18.4 Å². The molecule has 0 N–H and O–H groups in total. The van der Waals surface area contributed by atoms with E-state index >= 15 is 0 Å². The van der Waals surface area contributed by atoms with Gasteiger partial charge >= 0.3 is 5.97 Å². The molecule has 1 saturated carbocycles. The lowest BCUT2D eigenvalue weighted by molar-refractivity contribution is -0.192. The van der Waals surface area contributed by atoms with Crippen LogP contribution in [0.25, 0.3) is 10.4 Å². The molecule has 0 saturated heterocycles. The molecule has 0 amide bonds. The Kier molecular flexibility index (Phi) is 4.17. The summed E-state index contributed by atoms with van der Waals surface area (Å²) in [6.07, 6.45) is 2.17. The third kappa shape index (κ3) is 3.76. The molecule has 0 spiro atoms. The molecule has 6 heteroatoms. The van der Waals surface area contributed by atoms with Crippen LogP contribution in [0.1, 0.15) is 18.4 Å². The fourth-order valence-electron chi connectivity index (χ4n) is 1.60. The Balaban J connectivity index is 1.86. The van der Waals surface area contributed by atoms with Gasteiger partial charge in [-0.15, -0.1) is 5.06 Å². The Hall–Kier alpha value is -2.04. The lowest BCUT2D eigenvalue weighted by Gasteiger charge is -2.18. The number of azide groups is 1. The van der Waals surface area contributed by atoms with Crippen LogP contribution in [-0.4, -0.2) is 23.7 Å². The summed E-state index contributed by atoms with van der Waals surface area (Å²) in [5.41, 5.74) is 9.18. The van der Waals surface area contributed by atoms with Crippen molar-refractivity contribution < 1.29 is 9.63 Å². The van der Waals surface area contributed by atoms with Crippen molar-refractivity contribution in [3.63, 3.8) is 0 Å². The highest BCUT2D eigenvalue weighted by Crippen LogP contribution is 2.27. The minimum atomic E-state index is -0.332. The van der Waals surface area contributed by atoms with Crippen LogP contribution in [0.15, 0.2) is 35.4 Å². The van der Waals surface area contributed by atoms with Crippen molar-refractivity contribution in [1.29, 1.82) is 0 Å². The lowest BCUT2D eigenvalue weighted by atomic mass is 10.2. The van der Waals surface area contributed by atoms with Crippen LogP contribution in [-0.2, 0) is 16.1 Å². The van der Waals surface area contributed by atoms with Crippen molar-refractivity contribution in [1.82, 2.24) is 5.06 Å². The standard InChI is InChI=1S/C12H14N4O2/c13-15-14-9-16(11-6-7-11)18-12(17)8-10-4-2-1-3-5-10/h1-5,11H,6-9H2. The molecule has 1 aromatic rings. The van der Waals surface area contributed by atoms with Crippen molar-refractivity contribution in [2.75, 3.05) is 6.67 Å². The number of nitrogens with zero attached hydrogens (tertiary/aromatic N) is 4. The first-order valence-corrected chi connectivity index (χ1v) is 5.82. The molecule has 18 heavy (non-hydrogen) atoms. The second-order valence-electron chi connectivity index (χ2n) is 4.15. The summed E-state index contributed by atoms with van der Waals surface area (Å²) >= 11 is 0. The van der Waals surface area contributed by atoms with Gasteiger partial charge in [-0.1, -0.05) is 35.4 Å². The fourth-order valence-corrected chi connectivity index (χ4v) is 1.60. The molecule has 0 heterocycles. The molecular weight excluding hydrogens is 232 g/mol. The summed E-state index contributed by atoms with van der Waals surface area (Å²) in [7, 11) is 0. The van der Waals surface area contributed by atoms with Crippen LogP contribution in [0, 0.1) is 0 Å². The van der Waals surface area contributed by atoms with E-state index in [4.69, 9.17) is 10.4 Å². The summed E-state index contributed by atoms with van der Waals surface area (Å²) in [4.78, 5) is 19.6. The number of benzene rings is 1. The molecule has 0 aliphatic heterocycles. The summed E-state index contributed by atoms with van der Waals surface area (Å²) in [5, 5.41) is 4.89. The number of hydroxylamine groups is 2. The Morgan fingerprint density at radius 3 is 2.78 bits per heavy atom. The summed E-state index contributed by atoms with van der Waals surface area (Å²) in [5.74, 6) is -0.332. The van der Waals surface area contributed by atoms with E-state index in [9.17, 15) is 4.79 Å². The first-order chi connectivity index (χ1) is 8.79. The van der Waals surface area contributed by atoms with Crippen molar-refractivity contribution >= 4 is 5.97 Å². The highest BCUT2D eigenvalue weighted by Gasteiger charge is 2.31. The van der Waals surface area contributed by atoms with Crippen LogP contribution in [0.5, 0.6) is 0 Å². The van der Waals surface area contributed by atoms with Crippen molar-refractivity contribution in [3.05, 3.63) is 46.3 Å². The smallest absolute Gasteiger partial charge is 0.329 e. The van der Waals surface area contributed by atoms with Crippen LogP contribution >= 0.6 is 0 Å². The summed E-state index contributed by atoms with van der Waals surface area (Å²) in [6.45, 7) is 0.0711. The second kappa shape index (κ2) is 6.05. The van der Waals surface area contributed by atoms with Crippen LogP contribution < -0.4 is 0 Å². The van der Waals surface area contributed by atoms with E-state index in [1.807, 2.05) is 30.3 Å². The molecule has 0 atom stereocenters. The molecule has 94 valence electrons. The molecule has 1 aromatic carbocycles. The van der Waals surface area contributed by atoms with Gasteiger partial charge in [0.05, 0.1) is 6.42 Å². The summed E-state index contributed by atoms with van der Waals surface area (Å²) in [6, 6.07) is 9.59. The van der Waals surface area contributed by atoms with E-state index in [2.05, 4.69) is 10.0 Å². The monoisotopic (exact) mass is 246 g/mol. The number of carbonyl (C=O) groups excluding carboxylic acids is 1. The quantitative estimate of drug-likeness (QED) is 0.334. The van der Waals surface area contributed by atoms with Gasteiger partial charge in [-0.2, -0.15) is 0 Å². The number of hydrogen-bond acceptors (Lipinski definition) is 4. The first-order valence-electron chi connectivity index (χ1n) is 5.82. The van der Waals surface area contributed by atoms with E-state index < -0.39 is 0 Å². The fraction of sp³-hybridized carbons (Fsp3) is 0.417. The minimum absolute atomic E-state index is 0.0711. The minimum Gasteiger partial charge on any atom is -0.367 e. The topological polar surface area (TPSA) is 78.3 Å². The van der Waals surface area contributed by atoms with Crippen LogP contribution in [0.3, 0.4) is 0 Å². The van der Waals surface area contributed by atoms with Gasteiger partial charge in [0, 0.05) is 11.0 Å². The molecule has 1 fully saturated rings. The Bertz CT molecular complexity index is 452. The number of rotatable bonds is 6. The largest absolute Gasteiger partial charge is 0.367 e. The molecule has 1 aliphatic rings. The number of carbonyl (C=O) groups is 1. The third-order valence-corrected chi connectivity index (χ3v) is 2.63. The van der Waals surface area contributed by atoms with Gasteiger partial charge in [-0.25, -0.2) is 4.79 Å². The zero-order chi connectivity index (χ0) is 12.8. The van der Waals surface area contributed by atoms with Crippen molar-refractivity contribution in [2.24, 2.45) is 5.11 Å². The van der Waals surface area contributed by atoms with Crippen LogP contribution in [0.4, 0.5) is 0 Å². The molecule has 0 bridgehead atoms. The molecule has 2 rings (SSSR count). The van der Waals surface area contributed by atoms with Gasteiger partial charge in [0.25, 0.3) is 0 Å². The SMILES string of the molecule is [N-]=[N+]=NCN(OC(=O)Cc1ccccc1)C1CC1. The molecule has 0 radical (unpaired) electrons. The highest BCUT2D eigenvalue weighted by molar-refractivity contribution is 5.72. The van der Waals surface area contributed by atoms with Gasteiger partial charge in [0.15, 0.2) is 0 Å². The van der Waals surface area contributed by atoms with E-state index in [1.165, 1.54) is 5.06 Å². The van der Waals surface area contributed by atoms with Gasteiger partial charge in [0.1, 0.15) is 6.67 Å². The maximum atomic E-state index is 11.7. The van der Waals surface area contributed by atoms with Crippen molar-refractivity contribution in [2.45, 2.75) is 25.3 Å². The first kappa shape index (κ1) is 12.4. The second-order valence-corrected chi connectivity index (χ2v) is 4.15. The zero-order valence-corrected chi connectivity index (χ0v) is 9.90. The van der Waals surface area contributed by atoms with E-state index in [0.29, 0.717) is 0 Å². The maximum Gasteiger partial charge on any atom is 0.329 e. The maximum absolute atomic E-state index is 11.7. The molecule has 0 aromatic heterocycles. The van der Waals surface area contributed by atoms with Gasteiger partial charge in [-0.3, -0.25) is 0 Å². The predicted octanol–water partition coefficient (Wildman–Crippen LogP) is 2.42. The normalized spacial score (nSPS) is 14.1. The Morgan fingerprint density at radius 1 is 1.44 bits per heavy atom. The molecular formula is C12H14N4O2.